The molecular weight excluding hydrogens is 237 g/mol. The lowest BCUT2D eigenvalue weighted by atomic mass is 10.3. The summed E-state index contributed by atoms with van der Waals surface area (Å²) in [6, 6.07) is 5.52. The molecule has 4 heteroatoms. The molecule has 0 aliphatic carbocycles. The van der Waals surface area contributed by atoms with Crippen LogP contribution >= 0.6 is 35.0 Å². The highest BCUT2D eigenvalue weighted by Crippen LogP contribution is 2.29. The van der Waals surface area contributed by atoms with Crippen LogP contribution in [0.2, 0.25) is 5.02 Å². The van der Waals surface area contributed by atoms with E-state index in [0.717, 1.165) is 16.2 Å². The predicted molar refractivity (Wildman–Crippen MR) is 66.2 cm³/mol. The molecule has 1 aromatic rings. The molecular formula is C10H11Cl2NS. The van der Waals surface area contributed by atoms with Crippen molar-refractivity contribution in [3.63, 3.8) is 0 Å². The van der Waals surface area contributed by atoms with Crippen LogP contribution in [0.3, 0.4) is 0 Å². The van der Waals surface area contributed by atoms with Crippen LogP contribution in [0.15, 0.2) is 34.2 Å². The normalized spacial score (nSPS) is 11.8. The van der Waals surface area contributed by atoms with Crippen molar-refractivity contribution in [2.24, 2.45) is 0 Å². The summed E-state index contributed by atoms with van der Waals surface area (Å²) in [7, 11) is 0. The molecule has 0 unspecified atom stereocenters. The van der Waals surface area contributed by atoms with Gasteiger partial charge in [-0.25, -0.2) is 0 Å². The first-order valence-corrected chi connectivity index (χ1v) is 5.87. The Balaban J connectivity index is 2.68. The Morgan fingerprint density at radius 3 is 2.86 bits per heavy atom. The molecule has 76 valence electrons. The molecule has 0 atom stereocenters. The second kappa shape index (κ2) is 5.54. The van der Waals surface area contributed by atoms with E-state index >= 15 is 0 Å². The molecule has 0 aliphatic heterocycles. The first-order chi connectivity index (χ1) is 6.63. The van der Waals surface area contributed by atoms with Crippen LogP contribution in [-0.2, 0) is 0 Å². The van der Waals surface area contributed by atoms with Crippen LogP contribution in [0, 0.1) is 0 Å². The lowest BCUT2D eigenvalue weighted by molar-refractivity contribution is 1.40. The lowest BCUT2D eigenvalue weighted by Crippen LogP contribution is -1.86. The Morgan fingerprint density at radius 2 is 2.29 bits per heavy atom. The van der Waals surface area contributed by atoms with E-state index in [-0.39, 0.29) is 0 Å². The quantitative estimate of drug-likeness (QED) is 0.642. The first-order valence-electron chi connectivity index (χ1n) is 4.07. The number of nitrogens with two attached hydrogens (primary N) is 1. The van der Waals surface area contributed by atoms with E-state index in [9.17, 15) is 0 Å². The minimum Gasteiger partial charge on any atom is -0.399 e. The highest BCUT2D eigenvalue weighted by Gasteiger charge is 2.01. The van der Waals surface area contributed by atoms with Gasteiger partial charge < -0.3 is 5.73 Å². The Morgan fingerprint density at radius 1 is 1.57 bits per heavy atom. The molecule has 0 saturated carbocycles. The molecule has 1 nitrogen and oxygen atoms in total. The summed E-state index contributed by atoms with van der Waals surface area (Å²) < 4.78 is 0. The highest BCUT2D eigenvalue weighted by molar-refractivity contribution is 7.99. The smallest absolute Gasteiger partial charge is 0.0562 e. The molecule has 0 bridgehead atoms. The van der Waals surface area contributed by atoms with Gasteiger partial charge in [0.05, 0.1) is 5.02 Å². The summed E-state index contributed by atoms with van der Waals surface area (Å²) in [4.78, 5) is 1.03. The van der Waals surface area contributed by atoms with Gasteiger partial charge in [0.1, 0.15) is 0 Å². The maximum atomic E-state index is 6.00. The second-order valence-corrected chi connectivity index (χ2v) is 4.58. The molecule has 0 saturated heterocycles. The number of halogens is 2. The van der Waals surface area contributed by atoms with Crippen molar-refractivity contribution in [2.45, 2.75) is 11.8 Å². The number of anilines is 1. The van der Waals surface area contributed by atoms with E-state index in [1.807, 2.05) is 19.1 Å². The second-order valence-electron chi connectivity index (χ2n) is 2.93. The van der Waals surface area contributed by atoms with Crippen LogP contribution in [-0.4, -0.2) is 5.75 Å². The third kappa shape index (κ3) is 3.45. The van der Waals surface area contributed by atoms with Crippen molar-refractivity contribution in [1.82, 2.24) is 0 Å². The summed E-state index contributed by atoms with van der Waals surface area (Å²) in [5.74, 6) is 0.840. The van der Waals surface area contributed by atoms with Gasteiger partial charge >= 0.3 is 0 Å². The molecule has 2 N–H and O–H groups in total. The molecule has 0 radical (unpaired) electrons. The molecule has 0 amide bonds. The van der Waals surface area contributed by atoms with Crippen molar-refractivity contribution >= 4 is 40.7 Å². The lowest BCUT2D eigenvalue weighted by Gasteiger charge is -2.04. The maximum Gasteiger partial charge on any atom is 0.0562 e. The largest absolute Gasteiger partial charge is 0.399 e. The Labute approximate surface area is 98.3 Å². The van der Waals surface area contributed by atoms with E-state index < -0.39 is 0 Å². The van der Waals surface area contributed by atoms with E-state index in [1.54, 1.807) is 23.4 Å². The Bertz CT molecular complexity index is 350. The molecule has 0 spiro atoms. The average Bonchev–Trinajstić information content (AvgIpc) is 2.16. The van der Waals surface area contributed by atoms with Crippen LogP contribution in [0.25, 0.3) is 0 Å². The van der Waals surface area contributed by atoms with Crippen molar-refractivity contribution in [3.8, 4) is 0 Å². The molecule has 1 rings (SSSR count). The SMILES string of the molecule is C/C(=C/Cl)CSc1ccc(N)cc1Cl. The van der Waals surface area contributed by atoms with Gasteiger partial charge in [0.2, 0.25) is 0 Å². The van der Waals surface area contributed by atoms with Crippen molar-refractivity contribution in [2.75, 3.05) is 11.5 Å². The fourth-order valence-electron chi connectivity index (χ4n) is 0.857. The van der Waals surface area contributed by atoms with Gasteiger partial charge in [0.25, 0.3) is 0 Å². The number of rotatable bonds is 3. The first kappa shape index (κ1) is 11.8. The number of thioether (sulfide) groups is 1. The molecule has 0 aromatic heterocycles. The van der Waals surface area contributed by atoms with Gasteiger partial charge in [0.15, 0.2) is 0 Å². The van der Waals surface area contributed by atoms with Gasteiger partial charge in [-0.15, -0.1) is 11.8 Å². The third-order valence-electron chi connectivity index (χ3n) is 1.60. The minimum atomic E-state index is 0.684. The summed E-state index contributed by atoms with van der Waals surface area (Å²) in [5, 5.41) is 0.692. The molecule has 0 heterocycles. The Hall–Kier alpha value is -0.310. The molecule has 14 heavy (non-hydrogen) atoms. The van der Waals surface area contributed by atoms with Gasteiger partial charge in [-0.1, -0.05) is 28.8 Å². The summed E-state index contributed by atoms with van der Waals surface area (Å²) in [5.41, 5.74) is 8.96. The van der Waals surface area contributed by atoms with Crippen molar-refractivity contribution in [1.29, 1.82) is 0 Å². The van der Waals surface area contributed by atoms with Gasteiger partial charge in [-0.2, -0.15) is 0 Å². The van der Waals surface area contributed by atoms with E-state index in [4.69, 9.17) is 28.9 Å². The topological polar surface area (TPSA) is 26.0 Å². The Kier molecular flexibility index (Phi) is 4.66. The van der Waals surface area contributed by atoms with E-state index in [0.29, 0.717) is 10.7 Å². The fourth-order valence-corrected chi connectivity index (χ4v) is 2.21. The fraction of sp³-hybridized carbons (Fsp3) is 0.200. The number of benzene rings is 1. The predicted octanol–water partition coefficient (Wildman–Crippen LogP) is 4.16. The number of hydrogen-bond donors (Lipinski definition) is 1. The van der Waals surface area contributed by atoms with E-state index in [1.165, 1.54) is 0 Å². The summed E-state index contributed by atoms with van der Waals surface area (Å²) in [6.45, 7) is 1.98. The highest BCUT2D eigenvalue weighted by atomic mass is 35.5. The summed E-state index contributed by atoms with van der Waals surface area (Å²) in [6.07, 6.45) is 0. The number of hydrogen-bond acceptors (Lipinski definition) is 2. The monoisotopic (exact) mass is 247 g/mol. The molecule has 0 fully saturated rings. The zero-order chi connectivity index (χ0) is 10.6. The standard InChI is InChI=1S/C10H11Cl2NS/c1-7(5-11)6-14-10-3-2-8(13)4-9(10)12/h2-5H,6,13H2,1H3/b7-5-. The van der Waals surface area contributed by atoms with E-state index in [2.05, 4.69) is 0 Å². The maximum absolute atomic E-state index is 6.00. The summed E-state index contributed by atoms with van der Waals surface area (Å²) >= 11 is 13.2. The van der Waals surface area contributed by atoms with Gasteiger partial charge in [-0.05, 0) is 25.1 Å². The molecule has 1 aromatic carbocycles. The van der Waals surface area contributed by atoms with Gasteiger partial charge in [0, 0.05) is 21.9 Å². The van der Waals surface area contributed by atoms with Crippen LogP contribution in [0.4, 0.5) is 5.69 Å². The van der Waals surface area contributed by atoms with Crippen molar-refractivity contribution < 1.29 is 0 Å². The average molecular weight is 248 g/mol. The third-order valence-corrected chi connectivity index (χ3v) is 3.66. The minimum absolute atomic E-state index is 0.684. The zero-order valence-electron chi connectivity index (χ0n) is 7.76. The number of nitrogen functional groups attached to an aromatic ring is 1. The zero-order valence-corrected chi connectivity index (χ0v) is 10.1. The van der Waals surface area contributed by atoms with Crippen LogP contribution in [0.1, 0.15) is 6.92 Å². The molecule has 0 aliphatic rings. The van der Waals surface area contributed by atoms with Crippen molar-refractivity contribution in [3.05, 3.63) is 34.3 Å². The van der Waals surface area contributed by atoms with Crippen LogP contribution in [0.5, 0.6) is 0 Å². The van der Waals surface area contributed by atoms with Crippen LogP contribution < -0.4 is 5.73 Å². The van der Waals surface area contributed by atoms with Gasteiger partial charge in [-0.3, -0.25) is 0 Å².